The Hall–Kier alpha value is -3.34. The van der Waals surface area contributed by atoms with Crippen LogP contribution in [0.1, 0.15) is 23.4 Å². The van der Waals surface area contributed by atoms with E-state index in [2.05, 4.69) is 19.8 Å². The maximum absolute atomic E-state index is 13.5. The first-order chi connectivity index (χ1) is 15.1. The first-order valence-corrected chi connectivity index (χ1v) is 10.2. The van der Waals surface area contributed by atoms with Crippen LogP contribution in [0.3, 0.4) is 0 Å². The molecule has 1 N–H and O–H groups in total. The molecule has 0 fully saturated rings. The standard InChI is InChI=1S/C21H17F4N3O3S/c1-12-11-28(15-8-9-16-17(10-15)31-21(24,25)20(22,23)30-16)19(32-12)27-18(29)26-13(2)14-6-4-3-5-7-14/h3-11,13H,1-2H3,(H,26,29)/t13-/m1/s1. The number of nitrogens with zero attached hydrogens (tertiary/aromatic N) is 2. The van der Waals surface area contributed by atoms with Crippen molar-refractivity contribution in [2.45, 2.75) is 32.1 Å². The van der Waals surface area contributed by atoms with Crippen LogP contribution >= 0.6 is 11.3 Å². The Morgan fingerprint density at radius 2 is 1.72 bits per heavy atom. The normalized spacial score (nSPS) is 17.6. The highest BCUT2D eigenvalue weighted by molar-refractivity contribution is 7.09. The van der Waals surface area contributed by atoms with E-state index in [4.69, 9.17) is 0 Å². The molecule has 0 radical (unpaired) electrons. The third-order valence-corrected chi connectivity index (χ3v) is 5.52. The average molecular weight is 467 g/mol. The molecular weight excluding hydrogens is 450 g/mol. The van der Waals surface area contributed by atoms with E-state index in [-0.39, 0.29) is 16.5 Å². The number of thiazole rings is 1. The lowest BCUT2D eigenvalue weighted by Gasteiger charge is -2.31. The van der Waals surface area contributed by atoms with E-state index in [9.17, 15) is 22.4 Å². The van der Waals surface area contributed by atoms with E-state index >= 15 is 0 Å². The minimum absolute atomic E-state index is 0.258. The number of fused-ring (bicyclic) bond motifs is 1. The van der Waals surface area contributed by atoms with Crippen molar-refractivity contribution in [3.05, 3.63) is 70.0 Å². The Balaban J connectivity index is 1.64. The van der Waals surface area contributed by atoms with Crippen molar-refractivity contribution in [1.29, 1.82) is 0 Å². The largest absolute Gasteiger partial charge is 0.507 e. The van der Waals surface area contributed by atoms with Crippen molar-refractivity contribution < 1.29 is 31.8 Å². The van der Waals surface area contributed by atoms with E-state index in [1.165, 1.54) is 22.0 Å². The minimum Gasteiger partial charge on any atom is -0.421 e. The Morgan fingerprint density at radius 3 is 2.41 bits per heavy atom. The highest BCUT2D eigenvalue weighted by Gasteiger charge is 2.65. The first kappa shape index (κ1) is 21.9. The lowest BCUT2D eigenvalue weighted by Crippen LogP contribution is -2.52. The third-order valence-electron chi connectivity index (χ3n) is 4.63. The molecule has 0 aliphatic carbocycles. The number of aryl methyl sites for hydroxylation is 1. The molecule has 2 amide bonds. The molecule has 0 spiro atoms. The van der Waals surface area contributed by atoms with Crippen molar-refractivity contribution in [1.82, 2.24) is 9.88 Å². The molecule has 3 aromatic rings. The van der Waals surface area contributed by atoms with Crippen LogP contribution in [0.2, 0.25) is 0 Å². The van der Waals surface area contributed by atoms with Gasteiger partial charge in [-0.15, -0.1) is 11.3 Å². The zero-order chi connectivity index (χ0) is 23.1. The quantitative estimate of drug-likeness (QED) is 0.540. The molecule has 4 rings (SSSR count). The summed E-state index contributed by atoms with van der Waals surface area (Å²) in [5.74, 6) is -1.08. The molecule has 0 unspecified atom stereocenters. The van der Waals surface area contributed by atoms with Crippen molar-refractivity contribution in [2.75, 3.05) is 0 Å². The molecule has 11 heteroatoms. The molecule has 1 aliphatic heterocycles. The van der Waals surface area contributed by atoms with Crippen LogP contribution in [0.4, 0.5) is 22.4 Å². The predicted molar refractivity (Wildman–Crippen MR) is 108 cm³/mol. The van der Waals surface area contributed by atoms with Crippen LogP contribution in [0, 0.1) is 6.92 Å². The molecule has 168 valence electrons. The summed E-state index contributed by atoms with van der Waals surface area (Å²) in [5, 5.41) is 2.76. The van der Waals surface area contributed by atoms with Crippen LogP contribution in [-0.2, 0) is 0 Å². The fourth-order valence-corrected chi connectivity index (χ4v) is 3.88. The van der Waals surface area contributed by atoms with E-state index in [0.29, 0.717) is 0 Å². The number of hydrogen-bond donors (Lipinski definition) is 1. The second-order valence-corrected chi connectivity index (χ2v) is 8.27. The fraction of sp³-hybridized carbons (Fsp3) is 0.238. The summed E-state index contributed by atoms with van der Waals surface area (Å²) in [6.07, 6.45) is -7.98. The lowest BCUT2D eigenvalue weighted by molar-refractivity contribution is -0.391. The fourth-order valence-electron chi connectivity index (χ4n) is 3.05. The summed E-state index contributed by atoms with van der Waals surface area (Å²) < 4.78 is 63.6. The summed E-state index contributed by atoms with van der Waals surface area (Å²) in [7, 11) is 0. The first-order valence-electron chi connectivity index (χ1n) is 9.43. The van der Waals surface area contributed by atoms with Gasteiger partial charge in [-0.25, -0.2) is 4.79 Å². The molecule has 1 aromatic heterocycles. The van der Waals surface area contributed by atoms with Crippen molar-refractivity contribution in [2.24, 2.45) is 4.99 Å². The molecule has 1 aliphatic rings. The zero-order valence-corrected chi connectivity index (χ0v) is 17.6. The molecular formula is C21H17F4N3O3S. The molecule has 0 saturated heterocycles. The molecule has 2 heterocycles. The van der Waals surface area contributed by atoms with Gasteiger partial charge < -0.3 is 14.8 Å². The molecule has 2 aromatic carbocycles. The Labute approximate surface area is 183 Å². The number of alkyl halides is 4. The summed E-state index contributed by atoms with van der Waals surface area (Å²) >= 11 is 1.19. The van der Waals surface area contributed by atoms with Gasteiger partial charge in [0.1, 0.15) is 0 Å². The van der Waals surface area contributed by atoms with Crippen molar-refractivity contribution >= 4 is 17.4 Å². The molecule has 0 saturated carbocycles. The number of nitrogens with one attached hydrogen (secondary N) is 1. The molecule has 1 atom stereocenters. The number of benzene rings is 2. The van der Waals surface area contributed by atoms with Crippen molar-refractivity contribution in [3.8, 4) is 17.2 Å². The van der Waals surface area contributed by atoms with Gasteiger partial charge in [0.15, 0.2) is 16.3 Å². The van der Waals surface area contributed by atoms with Crippen molar-refractivity contribution in [3.63, 3.8) is 0 Å². The van der Waals surface area contributed by atoms with Gasteiger partial charge in [-0.05, 0) is 31.5 Å². The van der Waals surface area contributed by atoms with Gasteiger partial charge in [-0.2, -0.15) is 22.6 Å². The summed E-state index contributed by atoms with van der Waals surface area (Å²) in [5.41, 5.74) is 1.18. The number of urea groups is 1. The second kappa shape index (κ2) is 7.97. The van der Waals surface area contributed by atoms with E-state index in [1.54, 1.807) is 13.1 Å². The maximum Gasteiger partial charge on any atom is 0.507 e. The topological polar surface area (TPSA) is 64.8 Å². The number of hydrogen-bond acceptors (Lipinski definition) is 4. The summed E-state index contributed by atoms with van der Waals surface area (Å²) in [4.78, 5) is 17.6. The average Bonchev–Trinajstić information content (AvgIpc) is 3.08. The molecule has 32 heavy (non-hydrogen) atoms. The Kier molecular flexibility index (Phi) is 5.45. The van der Waals surface area contributed by atoms with Gasteiger partial charge in [-0.1, -0.05) is 30.3 Å². The second-order valence-electron chi connectivity index (χ2n) is 7.06. The van der Waals surface area contributed by atoms with Crippen LogP contribution in [0.25, 0.3) is 5.69 Å². The van der Waals surface area contributed by atoms with E-state index < -0.39 is 29.7 Å². The number of carbonyl (C=O) groups excluding carboxylic acids is 1. The minimum atomic E-state index is -4.82. The van der Waals surface area contributed by atoms with Crippen LogP contribution in [0.5, 0.6) is 11.5 Å². The number of rotatable bonds is 3. The van der Waals surface area contributed by atoms with Gasteiger partial charge in [-0.3, -0.25) is 4.57 Å². The zero-order valence-electron chi connectivity index (χ0n) is 16.8. The summed E-state index contributed by atoms with van der Waals surface area (Å²) in [6.45, 7) is 3.59. The number of ether oxygens (including phenoxy) is 2. The molecule has 0 bridgehead atoms. The van der Waals surface area contributed by atoms with E-state index in [0.717, 1.165) is 22.6 Å². The van der Waals surface area contributed by atoms with Gasteiger partial charge in [0, 0.05) is 17.1 Å². The monoisotopic (exact) mass is 467 g/mol. The Morgan fingerprint density at radius 1 is 1.06 bits per heavy atom. The van der Waals surface area contributed by atoms with Gasteiger partial charge >= 0.3 is 18.2 Å². The maximum atomic E-state index is 13.5. The highest BCUT2D eigenvalue weighted by atomic mass is 32.1. The van der Waals surface area contributed by atoms with Crippen LogP contribution in [-0.4, -0.2) is 22.8 Å². The van der Waals surface area contributed by atoms with Crippen LogP contribution < -0.4 is 19.6 Å². The lowest BCUT2D eigenvalue weighted by atomic mass is 10.1. The number of aromatic nitrogens is 1. The summed E-state index contributed by atoms with van der Waals surface area (Å²) in [6, 6.07) is 12.0. The van der Waals surface area contributed by atoms with Gasteiger partial charge in [0.25, 0.3) is 0 Å². The van der Waals surface area contributed by atoms with E-state index in [1.807, 2.05) is 37.3 Å². The third kappa shape index (κ3) is 4.20. The van der Waals surface area contributed by atoms with Gasteiger partial charge in [0.05, 0.1) is 11.7 Å². The Bertz CT molecular complexity index is 1220. The molecule has 6 nitrogen and oxygen atoms in total. The van der Waals surface area contributed by atoms with Crippen LogP contribution in [0.15, 0.2) is 59.7 Å². The number of halogens is 4. The van der Waals surface area contributed by atoms with Gasteiger partial charge in [0.2, 0.25) is 0 Å². The smallest absolute Gasteiger partial charge is 0.421 e. The number of amides is 2. The SMILES string of the molecule is Cc1cn(-c2ccc3c(c2)OC(F)(F)C(F)(F)O3)c(=NC(=O)N[C@H](C)c2ccccc2)s1. The predicted octanol–water partition coefficient (Wildman–Crippen LogP) is 5.18. The highest BCUT2D eigenvalue weighted by Crippen LogP contribution is 2.47. The number of carbonyl (C=O) groups is 1.